The molecule has 1 N–H and O–H groups in total. The summed E-state index contributed by atoms with van der Waals surface area (Å²) < 4.78 is 0. The standard InChI is InChI=1S/C18H29NO/c1-14(2)17(13-20)16(18-10-6-7-11-19-18)12-15-8-4-3-5-9-15/h6-7,10-11,14-17,20H,3-5,8-9,12-13H2,1-2H3/t16-,17-/m0/s1. The highest BCUT2D eigenvalue weighted by atomic mass is 16.3. The van der Waals surface area contributed by atoms with E-state index >= 15 is 0 Å². The third-order valence-electron chi connectivity index (χ3n) is 4.96. The minimum absolute atomic E-state index is 0.269. The van der Waals surface area contributed by atoms with Gasteiger partial charge in [0.05, 0.1) is 0 Å². The maximum Gasteiger partial charge on any atom is 0.0468 e. The van der Waals surface area contributed by atoms with Crippen molar-refractivity contribution >= 4 is 0 Å². The van der Waals surface area contributed by atoms with E-state index in [0.29, 0.717) is 17.8 Å². The highest BCUT2D eigenvalue weighted by Gasteiger charge is 2.29. The van der Waals surface area contributed by atoms with Crippen LogP contribution in [0.15, 0.2) is 24.4 Å². The Balaban J connectivity index is 2.14. The monoisotopic (exact) mass is 275 g/mol. The minimum atomic E-state index is 0.269. The van der Waals surface area contributed by atoms with Crippen molar-refractivity contribution < 1.29 is 5.11 Å². The first kappa shape index (κ1) is 15.5. The molecule has 0 spiro atoms. The number of aromatic nitrogens is 1. The van der Waals surface area contributed by atoms with E-state index in [2.05, 4.69) is 31.0 Å². The van der Waals surface area contributed by atoms with Gasteiger partial charge < -0.3 is 5.11 Å². The Kier molecular flexibility index (Phi) is 6.03. The quantitative estimate of drug-likeness (QED) is 0.834. The van der Waals surface area contributed by atoms with Crippen molar-refractivity contribution in [1.29, 1.82) is 0 Å². The van der Waals surface area contributed by atoms with E-state index in [9.17, 15) is 5.11 Å². The molecule has 2 atom stereocenters. The second kappa shape index (κ2) is 7.78. The molecule has 2 rings (SSSR count). The number of rotatable bonds is 6. The summed E-state index contributed by atoms with van der Waals surface area (Å²) in [6.07, 6.45) is 9.96. The summed E-state index contributed by atoms with van der Waals surface area (Å²) in [5.41, 5.74) is 1.17. The molecule has 1 aromatic heterocycles. The summed E-state index contributed by atoms with van der Waals surface area (Å²) in [4.78, 5) is 4.58. The normalized spacial score (nSPS) is 20.0. The van der Waals surface area contributed by atoms with Crippen molar-refractivity contribution in [2.75, 3.05) is 6.61 Å². The molecule has 2 heteroatoms. The van der Waals surface area contributed by atoms with Gasteiger partial charge in [-0.25, -0.2) is 0 Å². The van der Waals surface area contributed by atoms with Gasteiger partial charge in [-0.05, 0) is 36.3 Å². The zero-order chi connectivity index (χ0) is 14.4. The number of aliphatic hydroxyl groups is 1. The highest BCUT2D eigenvalue weighted by Crippen LogP contribution is 2.38. The highest BCUT2D eigenvalue weighted by molar-refractivity contribution is 5.11. The van der Waals surface area contributed by atoms with Crippen LogP contribution in [-0.2, 0) is 0 Å². The largest absolute Gasteiger partial charge is 0.396 e. The van der Waals surface area contributed by atoms with Crippen LogP contribution in [0.3, 0.4) is 0 Å². The molecule has 0 saturated heterocycles. The van der Waals surface area contributed by atoms with Gasteiger partial charge >= 0.3 is 0 Å². The zero-order valence-corrected chi connectivity index (χ0v) is 13.0. The lowest BCUT2D eigenvalue weighted by Gasteiger charge is -2.32. The van der Waals surface area contributed by atoms with Gasteiger partial charge in [-0.15, -0.1) is 0 Å². The molecule has 0 radical (unpaired) electrons. The van der Waals surface area contributed by atoms with Gasteiger partial charge in [0.15, 0.2) is 0 Å². The Bertz CT molecular complexity index is 370. The predicted molar refractivity (Wildman–Crippen MR) is 83.6 cm³/mol. The van der Waals surface area contributed by atoms with E-state index < -0.39 is 0 Å². The van der Waals surface area contributed by atoms with Gasteiger partial charge in [0.1, 0.15) is 0 Å². The summed E-state index contributed by atoms with van der Waals surface area (Å²) in [5, 5.41) is 9.83. The SMILES string of the molecule is CC(C)[C@H](CO)[C@H](CC1CCCCC1)c1ccccn1. The summed E-state index contributed by atoms with van der Waals surface area (Å²) in [7, 11) is 0. The van der Waals surface area contributed by atoms with Gasteiger partial charge in [0, 0.05) is 24.4 Å². The van der Waals surface area contributed by atoms with Crippen LogP contribution >= 0.6 is 0 Å². The van der Waals surface area contributed by atoms with Crippen molar-refractivity contribution in [1.82, 2.24) is 4.98 Å². The molecule has 1 saturated carbocycles. The average Bonchev–Trinajstić information content (AvgIpc) is 2.48. The molecular weight excluding hydrogens is 246 g/mol. The summed E-state index contributed by atoms with van der Waals surface area (Å²) in [6.45, 7) is 4.71. The lowest BCUT2D eigenvalue weighted by atomic mass is 9.74. The van der Waals surface area contributed by atoms with Crippen LogP contribution in [0.1, 0.15) is 64.0 Å². The van der Waals surface area contributed by atoms with Crippen molar-refractivity contribution in [3.63, 3.8) is 0 Å². The first-order valence-electron chi connectivity index (χ1n) is 8.24. The Hall–Kier alpha value is -0.890. The van der Waals surface area contributed by atoms with Crippen LogP contribution in [0.4, 0.5) is 0 Å². The van der Waals surface area contributed by atoms with E-state index in [0.717, 1.165) is 5.92 Å². The fraction of sp³-hybridized carbons (Fsp3) is 0.722. The molecule has 0 unspecified atom stereocenters. The molecular formula is C18H29NO. The first-order chi connectivity index (χ1) is 9.72. The van der Waals surface area contributed by atoms with Crippen LogP contribution in [0, 0.1) is 17.8 Å². The Morgan fingerprint density at radius 3 is 2.50 bits per heavy atom. The maximum atomic E-state index is 9.83. The second-order valence-corrected chi connectivity index (χ2v) is 6.69. The first-order valence-corrected chi connectivity index (χ1v) is 8.24. The van der Waals surface area contributed by atoms with Crippen molar-refractivity contribution in [2.24, 2.45) is 17.8 Å². The summed E-state index contributed by atoms with van der Waals surface area (Å²) in [6, 6.07) is 6.19. The number of hydrogen-bond acceptors (Lipinski definition) is 2. The van der Waals surface area contributed by atoms with Crippen LogP contribution in [0.25, 0.3) is 0 Å². The topological polar surface area (TPSA) is 33.1 Å². The molecule has 20 heavy (non-hydrogen) atoms. The lowest BCUT2D eigenvalue weighted by Crippen LogP contribution is -2.25. The molecule has 0 bridgehead atoms. The number of pyridine rings is 1. The third-order valence-corrected chi connectivity index (χ3v) is 4.96. The number of aliphatic hydroxyl groups excluding tert-OH is 1. The second-order valence-electron chi connectivity index (χ2n) is 6.69. The van der Waals surface area contributed by atoms with Crippen molar-refractivity contribution in [3.8, 4) is 0 Å². The molecule has 0 aliphatic heterocycles. The molecule has 1 heterocycles. The van der Waals surface area contributed by atoms with Crippen LogP contribution in [-0.4, -0.2) is 16.7 Å². The molecule has 112 valence electrons. The van der Waals surface area contributed by atoms with Gasteiger partial charge in [-0.1, -0.05) is 52.0 Å². The Morgan fingerprint density at radius 2 is 1.95 bits per heavy atom. The Morgan fingerprint density at radius 1 is 1.20 bits per heavy atom. The molecule has 1 aromatic rings. The minimum Gasteiger partial charge on any atom is -0.396 e. The molecule has 2 nitrogen and oxygen atoms in total. The van der Waals surface area contributed by atoms with Gasteiger partial charge in [-0.3, -0.25) is 4.98 Å². The molecule has 1 aliphatic rings. The fourth-order valence-corrected chi connectivity index (χ4v) is 3.69. The zero-order valence-electron chi connectivity index (χ0n) is 13.0. The summed E-state index contributed by atoms with van der Waals surface area (Å²) in [5.74, 6) is 2.05. The molecule has 0 aromatic carbocycles. The smallest absolute Gasteiger partial charge is 0.0468 e. The number of nitrogens with zero attached hydrogens (tertiary/aromatic N) is 1. The molecule has 0 amide bonds. The van der Waals surface area contributed by atoms with Gasteiger partial charge in [0.25, 0.3) is 0 Å². The Labute approximate surface area is 123 Å². The van der Waals surface area contributed by atoms with Crippen LogP contribution in [0.2, 0.25) is 0 Å². The predicted octanol–water partition coefficient (Wildman–Crippen LogP) is 4.40. The van der Waals surface area contributed by atoms with E-state index in [1.807, 2.05) is 12.3 Å². The average molecular weight is 275 g/mol. The lowest BCUT2D eigenvalue weighted by molar-refractivity contribution is 0.145. The summed E-state index contributed by atoms with van der Waals surface area (Å²) >= 11 is 0. The van der Waals surface area contributed by atoms with E-state index in [-0.39, 0.29) is 6.61 Å². The van der Waals surface area contributed by atoms with E-state index in [1.54, 1.807) is 0 Å². The van der Waals surface area contributed by atoms with Crippen LogP contribution in [0.5, 0.6) is 0 Å². The number of hydrogen-bond donors (Lipinski definition) is 1. The fourth-order valence-electron chi connectivity index (χ4n) is 3.69. The van der Waals surface area contributed by atoms with Crippen molar-refractivity contribution in [2.45, 2.75) is 58.3 Å². The maximum absolute atomic E-state index is 9.83. The van der Waals surface area contributed by atoms with Crippen molar-refractivity contribution in [3.05, 3.63) is 30.1 Å². The van der Waals surface area contributed by atoms with E-state index in [4.69, 9.17) is 0 Å². The molecule has 1 aliphatic carbocycles. The third kappa shape index (κ3) is 4.05. The van der Waals surface area contributed by atoms with E-state index in [1.165, 1.54) is 44.2 Å². The molecule has 1 fully saturated rings. The van der Waals surface area contributed by atoms with Gasteiger partial charge in [-0.2, -0.15) is 0 Å². The van der Waals surface area contributed by atoms with Gasteiger partial charge in [0.2, 0.25) is 0 Å². The van der Waals surface area contributed by atoms with Crippen LogP contribution < -0.4 is 0 Å².